The van der Waals surface area contributed by atoms with Crippen LogP contribution in [0.15, 0.2) is 63.9 Å². The first-order chi connectivity index (χ1) is 15.6. The van der Waals surface area contributed by atoms with Crippen molar-refractivity contribution in [1.82, 2.24) is 5.32 Å². The minimum absolute atomic E-state index is 0.0199. The summed E-state index contributed by atoms with van der Waals surface area (Å²) in [5, 5.41) is 2.90. The molecule has 0 bridgehead atoms. The lowest BCUT2D eigenvalue weighted by Gasteiger charge is -2.13. The lowest BCUT2D eigenvalue weighted by atomic mass is 10.0. The van der Waals surface area contributed by atoms with E-state index in [1.165, 1.54) is 13.2 Å². The Kier molecular flexibility index (Phi) is 8.84. The summed E-state index contributed by atoms with van der Waals surface area (Å²) < 4.78 is 49.8. The zero-order chi connectivity index (χ0) is 24.6. The van der Waals surface area contributed by atoms with Crippen LogP contribution < -0.4 is 11.1 Å². The van der Waals surface area contributed by atoms with Gasteiger partial charge >= 0.3 is 12.1 Å². The Morgan fingerprint density at radius 3 is 2.70 bits per heavy atom. The maximum atomic E-state index is 13.2. The quantitative estimate of drug-likeness (QED) is 0.264. The predicted molar refractivity (Wildman–Crippen MR) is 122 cm³/mol. The van der Waals surface area contributed by atoms with Gasteiger partial charge in [0, 0.05) is 23.9 Å². The van der Waals surface area contributed by atoms with E-state index in [0.717, 1.165) is 12.1 Å². The molecular formula is C23H27F3N4O3. The second-order valence-corrected chi connectivity index (χ2v) is 7.03. The van der Waals surface area contributed by atoms with Gasteiger partial charge in [0.25, 0.3) is 0 Å². The summed E-state index contributed by atoms with van der Waals surface area (Å²) in [6.45, 7) is 5.26. The van der Waals surface area contributed by atoms with Gasteiger partial charge in [-0.1, -0.05) is 12.2 Å². The number of nitrogens with one attached hydrogen (secondary N) is 1. The van der Waals surface area contributed by atoms with Gasteiger partial charge in [-0.2, -0.15) is 13.2 Å². The van der Waals surface area contributed by atoms with Crippen LogP contribution in [0.5, 0.6) is 0 Å². The molecule has 0 aliphatic carbocycles. The molecule has 1 aromatic carbocycles. The van der Waals surface area contributed by atoms with Crippen molar-refractivity contribution in [2.75, 3.05) is 19.5 Å². The molecule has 33 heavy (non-hydrogen) atoms. The molecule has 0 unspecified atom stereocenters. The summed E-state index contributed by atoms with van der Waals surface area (Å²) in [7, 11) is 1.51. The molecule has 1 aromatic rings. The van der Waals surface area contributed by atoms with Crippen molar-refractivity contribution in [1.29, 1.82) is 0 Å². The topological polar surface area (TPSA) is 98.3 Å². The first kappa shape index (κ1) is 25.7. The van der Waals surface area contributed by atoms with E-state index in [4.69, 9.17) is 15.2 Å². The molecule has 0 spiro atoms. The number of nitrogens with two attached hydrogens (primary N) is 1. The highest BCUT2D eigenvalue weighted by Gasteiger charge is 2.31. The summed E-state index contributed by atoms with van der Waals surface area (Å²) >= 11 is 0. The second-order valence-electron chi connectivity index (χ2n) is 7.03. The number of nitrogen functional groups attached to an aromatic ring is 1. The van der Waals surface area contributed by atoms with Gasteiger partial charge in [0.1, 0.15) is 11.6 Å². The Morgan fingerprint density at radius 1 is 1.36 bits per heavy atom. The SMILES string of the molecule is C/C=C\C(=C/C1=CCC(=N[C@H](C)c2cc(N)cc(C(F)(F)F)c2)N=C(C(=O)OCC)N1)OC. The van der Waals surface area contributed by atoms with Gasteiger partial charge in [0.05, 0.1) is 25.3 Å². The lowest BCUT2D eigenvalue weighted by molar-refractivity contribution is -0.137. The highest BCUT2D eigenvalue weighted by molar-refractivity contribution is 6.37. The average Bonchev–Trinajstić information content (AvgIpc) is 2.94. The molecule has 0 radical (unpaired) electrons. The van der Waals surface area contributed by atoms with Crippen LogP contribution in [0.25, 0.3) is 0 Å². The summed E-state index contributed by atoms with van der Waals surface area (Å²) in [5.41, 5.74) is 5.60. The molecule has 10 heteroatoms. The number of nitrogens with zero attached hydrogens (tertiary/aromatic N) is 2. The van der Waals surface area contributed by atoms with Gasteiger partial charge in [-0.3, -0.25) is 4.99 Å². The number of rotatable bonds is 7. The zero-order valence-corrected chi connectivity index (χ0v) is 18.9. The van der Waals surface area contributed by atoms with E-state index in [1.54, 1.807) is 38.2 Å². The lowest BCUT2D eigenvalue weighted by Crippen LogP contribution is -2.32. The maximum absolute atomic E-state index is 13.2. The molecule has 0 fully saturated rings. The van der Waals surface area contributed by atoms with Crippen molar-refractivity contribution in [3.63, 3.8) is 0 Å². The van der Waals surface area contributed by atoms with Crippen LogP contribution in [0.3, 0.4) is 0 Å². The van der Waals surface area contributed by atoms with Gasteiger partial charge in [0.15, 0.2) is 0 Å². The predicted octanol–water partition coefficient (Wildman–Crippen LogP) is 4.69. The summed E-state index contributed by atoms with van der Waals surface area (Å²) in [5.74, 6) is -0.00949. The molecule has 1 heterocycles. The third-order valence-electron chi connectivity index (χ3n) is 4.47. The van der Waals surface area contributed by atoms with Crippen LogP contribution in [0.1, 0.15) is 44.4 Å². The minimum atomic E-state index is -4.53. The summed E-state index contributed by atoms with van der Waals surface area (Å²) in [4.78, 5) is 21.1. The second kappa shape index (κ2) is 11.3. The average molecular weight is 464 g/mol. The normalized spacial score (nSPS) is 17.2. The van der Waals surface area contributed by atoms with Crippen molar-refractivity contribution >= 4 is 23.3 Å². The number of alkyl halides is 3. The molecule has 0 saturated carbocycles. The fraction of sp³-hybridized carbons (Fsp3) is 0.348. The fourth-order valence-electron chi connectivity index (χ4n) is 2.94. The number of hydrogen-bond acceptors (Lipinski definition) is 6. The molecule has 1 aliphatic rings. The molecule has 1 aliphatic heterocycles. The molecule has 178 valence electrons. The van der Waals surface area contributed by atoms with Crippen molar-refractivity contribution in [2.24, 2.45) is 9.98 Å². The Morgan fingerprint density at radius 2 is 2.09 bits per heavy atom. The fourth-order valence-corrected chi connectivity index (χ4v) is 2.94. The first-order valence-corrected chi connectivity index (χ1v) is 10.2. The van der Waals surface area contributed by atoms with Crippen LogP contribution in [0.4, 0.5) is 18.9 Å². The van der Waals surface area contributed by atoms with E-state index in [0.29, 0.717) is 11.5 Å². The van der Waals surface area contributed by atoms with E-state index >= 15 is 0 Å². The number of methoxy groups -OCH3 is 1. The van der Waals surface area contributed by atoms with Crippen molar-refractivity contribution in [2.45, 2.75) is 39.4 Å². The van der Waals surface area contributed by atoms with Crippen molar-refractivity contribution < 1.29 is 27.4 Å². The number of anilines is 1. The van der Waals surface area contributed by atoms with Crippen molar-refractivity contribution in [3.8, 4) is 0 Å². The Balaban J connectivity index is 2.46. The largest absolute Gasteiger partial charge is 0.497 e. The molecule has 0 amide bonds. The smallest absolute Gasteiger partial charge is 0.416 e. The number of carbonyl (C=O) groups is 1. The van der Waals surface area contributed by atoms with Gasteiger partial charge in [0.2, 0.25) is 5.84 Å². The van der Waals surface area contributed by atoms with Crippen LogP contribution >= 0.6 is 0 Å². The van der Waals surface area contributed by atoms with Gasteiger partial charge in [-0.15, -0.1) is 0 Å². The number of carbonyl (C=O) groups excluding carboxylic acids is 1. The van der Waals surface area contributed by atoms with E-state index in [2.05, 4.69) is 15.3 Å². The number of hydrogen-bond donors (Lipinski definition) is 2. The third-order valence-corrected chi connectivity index (χ3v) is 4.47. The maximum Gasteiger partial charge on any atom is 0.416 e. The molecule has 2 rings (SSSR count). The molecular weight excluding hydrogens is 437 g/mol. The van der Waals surface area contributed by atoms with Crippen LogP contribution in [0, 0.1) is 0 Å². The highest BCUT2D eigenvalue weighted by Crippen LogP contribution is 2.33. The van der Waals surface area contributed by atoms with Gasteiger partial charge in [-0.05, 0) is 50.6 Å². The molecule has 0 saturated heterocycles. The van der Waals surface area contributed by atoms with E-state index in [-0.39, 0.29) is 35.9 Å². The number of benzene rings is 1. The van der Waals surface area contributed by atoms with Gasteiger partial charge < -0.3 is 20.5 Å². The van der Waals surface area contributed by atoms with E-state index in [1.807, 2.05) is 6.92 Å². The number of halogens is 3. The van der Waals surface area contributed by atoms with Crippen LogP contribution in [-0.2, 0) is 20.4 Å². The molecule has 7 nitrogen and oxygen atoms in total. The van der Waals surface area contributed by atoms with E-state index in [9.17, 15) is 18.0 Å². The molecule has 1 atom stereocenters. The monoisotopic (exact) mass is 464 g/mol. The molecule has 3 N–H and O–H groups in total. The van der Waals surface area contributed by atoms with Crippen molar-refractivity contribution in [3.05, 3.63) is 65.1 Å². The Labute approximate surface area is 190 Å². The molecule has 0 aromatic heterocycles. The minimum Gasteiger partial charge on any atom is -0.497 e. The first-order valence-electron chi connectivity index (χ1n) is 10.2. The number of allylic oxidation sites excluding steroid dienone is 3. The van der Waals surface area contributed by atoms with Gasteiger partial charge in [-0.25, -0.2) is 9.79 Å². The highest BCUT2D eigenvalue weighted by atomic mass is 19.4. The van der Waals surface area contributed by atoms with Crippen LogP contribution in [0.2, 0.25) is 0 Å². The van der Waals surface area contributed by atoms with E-state index < -0.39 is 23.8 Å². The standard InChI is InChI=1S/C23H27F3N4O3/c1-5-7-19(32-4)13-18-8-9-20(30-21(29-18)22(31)33-6-2)28-14(3)15-10-16(23(24,25)26)12-17(27)11-15/h5,7-8,10-14H,6,9,27H2,1-4H3,(H,28,29,30)/b7-5-,19-13+/t14-/m1/s1. The third kappa shape index (κ3) is 7.51. The number of ether oxygens (including phenoxy) is 2. The summed E-state index contributed by atoms with van der Waals surface area (Å²) in [6, 6.07) is 2.61. The van der Waals surface area contributed by atoms with Crippen LogP contribution in [-0.4, -0.2) is 31.4 Å². The zero-order valence-electron chi connectivity index (χ0n) is 18.9. The summed E-state index contributed by atoms with van der Waals surface area (Å²) in [6.07, 6.45) is 2.63. The Bertz CT molecular complexity index is 1020. The Hall–Kier alpha value is -3.56. The number of aliphatic imine (C=N–C) groups is 2. The number of esters is 1. The number of amidine groups is 2.